The number of nitrogens with zero attached hydrogens (tertiary/aromatic N) is 8. The lowest BCUT2D eigenvalue weighted by molar-refractivity contribution is -0.0609. The van der Waals surface area contributed by atoms with Gasteiger partial charge in [-0.25, -0.2) is 29.6 Å². The maximum Gasteiger partial charge on any atom is 0.472 e. The number of nitrogens with one attached hydrogen (secondary N) is 1. The van der Waals surface area contributed by atoms with Crippen molar-refractivity contribution in [3.05, 3.63) is 29.3 Å². The van der Waals surface area contributed by atoms with E-state index in [4.69, 9.17) is 29.1 Å². The summed E-state index contributed by atoms with van der Waals surface area (Å²) in [6, 6.07) is 0. The summed E-state index contributed by atoms with van der Waals surface area (Å²) in [5, 5.41) is 41.3. The van der Waals surface area contributed by atoms with Gasteiger partial charge in [-0.05, 0) is 0 Å². The number of aliphatic hydroxyl groups is 3. The van der Waals surface area contributed by atoms with Crippen molar-refractivity contribution in [1.29, 1.82) is 0 Å². The Morgan fingerprint density at radius 1 is 0.977 bits per heavy atom. The molecule has 8 N–H and O–H groups in total. The highest BCUT2D eigenvalue weighted by Crippen LogP contribution is 2.50. The van der Waals surface area contributed by atoms with Crippen LogP contribution in [0, 0.1) is 0 Å². The topological polar surface area (TPSA) is 328 Å². The number of aromatic amines is 1. The molecule has 23 nitrogen and oxygen atoms in total. The molecule has 44 heavy (non-hydrogen) atoms. The third-order valence-corrected chi connectivity index (χ3v) is 8.29. The van der Waals surface area contributed by atoms with Crippen molar-refractivity contribution in [2.45, 2.75) is 49.1 Å². The third-order valence-electron chi connectivity index (χ3n) is 6.89. The number of nitrogens with two attached hydrogens (primary N) is 1. The number of hydrogen-bond donors (Lipinski definition) is 7. The molecule has 0 bridgehead atoms. The number of H-pyrrole nitrogens is 1. The molecule has 0 amide bonds. The minimum absolute atomic E-state index is 0.0119. The highest BCUT2D eigenvalue weighted by Gasteiger charge is 2.51. The zero-order valence-corrected chi connectivity index (χ0v) is 23.8. The molecular formula is C19H24N10O13P2. The van der Waals surface area contributed by atoms with E-state index in [1.54, 1.807) is 0 Å². The predicted molar refractivity (Wildman–Crippen MR) is 139 cm³/mol. The largest absolute Gasteiger partial charge is 0.472 e. The van der Waals surface area contributed by atoms with Gasteiger partial charge >= 0.3 is 16.1 Å². The molecule has 0 aliphatic carbocycles. The van der Waals surface area contributed by atoms with E-state index in [-0.39, 0.29) is 28.1 Å². The van der Waals surface area contributed by atoms with Gasteiger partial charge in [0.2, 0.25) is 0 Å². The van der Waals surface area contributed by atoms with Crippen molar-refractivity contribution in [1.82, 2.24) is 44.5 Å². The van der Waals surface area contributed by atoms with Crippen LogP contribution in [0.4, 0.5) is 5.82 Å². The number of anilines is 1. The van der Waals surface area contributed by atoms with Gasteiger partial charge in [-0.3, -0.25) is 27.5 Å². The Hall–Kier alpha value is -3.31. The molecule has 10 atom stereocenters. The van der Waals surface area contributed by atoms with Crippen LogP contribution in [0.5, 0.6) is 0 Å². The summed E-state index contributed by atoms with van der Waals surface area (Å²) in [6.07, 6.45) is -8.63. The van der Waals surface area contributed by atoms with Crippen LogP contribution in [0.25, 0.3) is 22.3 Å². The second kappa shape index (κ2) is 11.9. The first-order chi connectivity index (χ1) is 20.9. The fourth-order valence-corrected chi connectivity index (χ4v) is 6.06. The standard InChI is InChI=1S/C19H24N10O13P2/c20-14-8-15(22-3-21-14)28(4-23-8)19-13(11(31)6(41-19)1-38-43(34)35)42-44(36,37)39-2-7-10(30)12(32)18(40-7)29-5-24-9-16(29)25-27-26-17(9)33/h3-7,10-13,18-19,30-32,43H,1-2H2,(H,34,35)(H,36,37)(H2,20,21,22)(H,25,26,33)/t6-,7-,10-,11-,12-,13-,18-,19-/m1/s1. The summed E-state index contributed by atoms with van der Waals surface area (Å²) < 4.78 is 52.9. The lowest BCUT2D eigenvalue weighted by Gasteiger charge is -2.25. The molecule has 25 heteroatoms. The van der Waals surface area contributed by atoms with Gasteiger partial charge < -0.3 is 44.8 Å². The summed E-state index contributed by atoms with van der Waals surface area (Å²) in [5.41, 5.74) is 5.25. The summed E-state index contributed by atoms with van der Waals surface area (Å²) in [5.74, 6) is 0.0119. The van der Waals surface area contributed by atoms with E-state index in [1.807, 2.05) is 0 Å². The van der Waals surface area contributed by atoms with Gasteiger partial charge in [-0.2, -0.15) is 0 Å². The third kappa shape index (κ3) is 5.64. The van der Waals surface area contributed by atoms with E-state index in [9.17, 15) is 34.1 Å². The molecule has 0 radical (unpaired) electrons. The van der Waals surface area contributed by atoms with Crippen molar-refractivity contribution >= 4 is 44.2 Å². The van der Waals surface area contributed by atoms with E-state index < -0.39 is 83.9 Å². The number of nitrogen functional groups attached to an aromatic ring is 1. The van der Waals surface area contributed by atoms with E-state index in [2.05, 4.69) is 39.9 Å². The van der Waals surface area contributed by atoms with Crippen molar-refractivity contribution in [2.24, 2.45) is 0 Å². The molecule has 2 fully saturated rings. The lowest BCUT2D eigenvalue weighted by Crippen LogP contribution is -2.36. The van der Waals surface area contributed by atoms with Gasteiger partial charge in [0.15, 0.2) is 35.1 Å². The van der Waals surface area contributed by atoms with E-state index in [1.165, 1.54) is 10.9 Å². The average molecular weight is 662 g/mol. The quantitative estimate of drug-likeness (QED) is 0.0818. The summed E-state index contributed by atoms with van der Waals surface area (Å²) in [6.45, 7) is -1.39. The fourth-order valence-electron chi connectivity index (χ4n) is 4.82. The van der Waals surface area contributed by atoms with Gasteiger partial charge in [-0.1, -0.05) is 5.21 Å². The van der Waals surface area contributed by atoms with Crippen LogP contribution in [0.15, 0.2) is 23.8 Å². The van der Waals surface area contributed by atoms with Crippen molar-refractivity contribution in [3.63, 3.8) is 0 Å². The Morgan fingerprint density at radius 2 is 1.66 bits per heavy atom. The van der Waals surface area contributed by atoms with Gasteiger partial charge in [0.05, 0.1) is 25.9 Å². The number of hydrogen-bond acceptors (Lipinski definition) is 18. The van der Waals surface area contributed by atoms with Gasteiger partial charge in [0.25, 0.3) is 5.56 Å². The minimum atomic E-state index is -5.11. The molecule has 0 saturated carbocycles. The molecule has 2 aliphatic heterocycles. The normalized spacial score (nSPS) is 31.1. The number of rotatable bonds is 10. The first-order valence-corrected chi connectivity index (χ1v) is 15.3. The van der Waals surface area contributed by atoms with Crippen LogP contribution in [0.3, 0.4) is 0 Å². The Kier molecular flexibility index (Phi) is 8.30. The number of phosphoric acid groups is 1. The molecule has 238 valence electrons. The highest BCUT2D eigenvalue weighted by atomic mass is 31.2. The Balaban J connectivity index is 1.19. The van der Waals surface area contributed by atoms with Crippen LogP contribution in [-0.2, 0) is 32.2 Å². The number of imidazole rings is 2. The maximum absolute atomic E-state index is 13.1. The zero-order chi connectivity index (χ0) is 31.3. The molecule has 2 aliphatic rings. The van der Waals surface area contributed by atoms with Crippen LogP contribution in [0.1, 0.15) is 12.5 Å². The highest BCUT2D eigenvalue weighted by molar-refractivity contribution is 7.47. The second-order valence-corrected chi connectivity index (χ2v) is 11.8. The fraction of sp³-hybridized carbons (Fsp3) is 0.526. The summed E-state index contributed by atoms with van der Waals surface area (Å²) in [7, 11) is -8.54. The molecule has 6 heterocycles. The zero-order valence-electron chi connectivity index (χ0n) is 21.9. The smallest absolute Gasteiger partial charge is 0.387 e. The monoisotopic (exact) mass is 662 g/mol. The molecular weight excluding hydrogens is 638 g/mol. The molecule has 2 saturated heterocycles. The summed E-state index contributed by atoms with van der Waals surface area (Å²) >= 11 is 0. The van der Waals surface area contributed by atoms with E-state index >= 15 is 0 Å². The van der Waals surface area contributed by atoms with Gasteiger partial charge in [0, 0.05) is 0 Å². The van der Waals surface area contributed by atoms with Crippen molar-refractivity contribution in [3.8, 4) is 0 Å². The van der Waals surface area contributed by atoms with Crippen molar-refractivity contribution in [2.75, 3.05) is 18.9 Å². The van der Waals surface area contributed by atoms with Gasteiger partial charge in [0.1, 0.15) is 48.5 Å². The molecule has 2 unspecified atom stereocenters. The predicted octanol–water partition coefficient (Wildman–Crippen LogP) is -3.28. The Bertz CT molecular complexity index is 1800. The molecule has 0 aromatic carbocycles. The van der Waals surface area contributed by atoms with Crippen LogP contribution >= 0.6 is 16.1 Å². The Labute approximate surface area is 243 Å². The number of phosphoric ester groups is 1. The maximum atomic E-state index is 13.1. The minimum Gasteiger partial charge on any atom is -0.387 e. The number of aliphatic hydroxyl groups excluding tert-OH is 3. The second-order valence-electron chi connectivity index (χ2n) is 9.56. The van der Waals surface area contributed by atoms with Crippen molar-refractivity contribution < 1.29 is 57.3 Å². The number of ether oxygens (including phenoxy) is 2. The molecule has 0 spiro atoms. The van der Waals surface area contributed by atoms with Crippen LogP contribution < -0.4 is 11.3 Å². The lowest BCUT2D eigenvalue weighted by atomic mass is 10.1. The summed E-state index contributed by atoms with van der Waals surface area (Å²) in [4.78, 5) is 47.4. The number of aromatic nitrogens is 9. The van der Waals surface area contributed by atoms with Crippen LogP contribution in [0.2, 0.25) is 0 Å². The molecule has 4 aromatic rings. The number of fused-ring (bicyclic) bond motifs is 2. The first-order valence-electron chi connectivity index (χ1n) is 12.5. The van der Waals surface area contributed by atoms with Crippen LogP contribution in [-0.4, -0.2) is 119 Å². The molecule has 4 aromatic heterocycles. The SMILES string of the molecule is Nc1ncnc2c1ncn2[C@@H]1O[C@H](CO[PH](=O)O)[C@@H](O)[C@H]1OP(=O)(O)OC[C@H]1O[C@@H](n2cnc3c(=O)[nH]nnc32)[C@H](O)[C@@H]1O. The molecule has 6 rings (SSSR count). The van der Waals surface area contributed by atoms with Gasteiger partial charge in [-0.15, -0.1) is 5.10 Å². The van der Waals surface area contributed by atoms with E-state index in [0.29, 0.717) is 0 Å². The first kappa shape index (κ1) is 30.7. The Morgan fingerprint density at radius 3 is 2.41 bits per heavy atom. The average Bonchev–Trinajstić information content (AvgIpc) is 3.73. The van der Waals surface area contributed by atoms with E-state index in [0.717, 1.165) is 17.2 Å².